The van der Waals surface area contributed by atoms with Crippen LogP contribution in [-0.2, 0) is 4.18 Å². The normalized spacial score (nSPS) is 9.50. The van der Waals surface area contributed by atoms with Gasteiger partial charge in [-0.1, -0.05) is 13.8 Å². The van der Waals surface area contributed by atoms with E-state index in [-0.39, 0.29) is 5.25 Å². The Kier molecular flexibility index (Phi) is 4.09. The molecule has 0 saturated heterocycles. The Morgan fingerprint density at radius 2 is 2.25 bits per heavy atom. The van der Waals surface area contributed by atoms with Crippen LogP contribution in [0.5, 0.6) is 0 Å². The molecule has 0 heterocycles. The van der Waals surface area contributed by atoms with Crippen LogP contribution in [0, 0.1) is 0 Å². The first-order valence-electron chi connectivity index (χ1n) is 2.15. The average molecular weight is 155 g/mol. The summed E-state index contributed by atoms with van der Waals surface area (Å²) in [5.41, 5.74) is -0.760. The van der Waals surface area contributed by atoms with Crippen LogP contribution in [0.4, 0.5) is 4.79 Å². The maximum Gasteiger partial charge on any atom is 0.415 e. The van der Waals surface area contributed by atoms with E-state index in [9.17, 15) is 4.79 Å². The second-order valence-electron chi connectivity index (χ2n) is 1.47. The van der Waals surface area contributed by atoms with E-state index in [2.05, 4.69) is 4.18 Å². The standard InChI is InChI=1S/C4H7ClO2S/c1-3(2)8-7-4(5)6/h3H,1-2H3. The van der Waals surface area contributed by atoms with Crippen LogP contribution in [0.15, 0.2) is 0 Å². The highest BCUT2D eigenvalue weighted by molar-refractivity contribution is 7.95. The van der Waals surface area contributed by atoms with Crippen molar-refractivity contribution in [2.45, 2.75) is 19.1 Å². The van der Waals surface area contributed by atoms with Crippen LogP contribution in [0.2, 0.25) is 0 Å². The molecule has 0 aliphatic carbocycles. The Morgan fingerprint density at radius 3 is 2.38 bits per heavy atom. The van der Waals surface area contributed by atoms with Gasteiger partial charge >= 0.3 is 5.43 Å². The van der Waals surface area contributed by atoms with E-state index in [1.807, 2.05) is 13.8 Å². The van der Waals surface area contributed by atoms with Crippen LogP contribution < -0.4 is 0 Å². The van der Waals surface area contributed by atoms with Crippen LogP contribution in [0.3, 0.4) is 0 Å². The van der Waals surface area contributed by atoms with E-state index < -0.39 is 5.43 Å². The third-order valence-electron chi connectivity index (χ3n) is 0.306. The fourth-order valence-corrected chi connectivity index (χ4v) is 0.511. The summed E-state index contributed by atoms with van der Waals surface area (Å²) in [4.78, 5) is 9.87. The van der Waals surface area contributed by atoms with Crippen molar-refractivity contribution in [2.24, 2.45) is 0 Å². The zero-order valence-corrected chi connectivity index (χ0v) is 6.25. The van der Waals surface area contributed by atoms with Crippen LogP contribution in [0.1, 0.15) is 13.8 Å². The second kappa shape index (κ2) is 4.04. The molecule has 0 rings (SSSR count). The molecule has 4 heteroatoms. The fraction of sp³-hybridized carbons (Fsp3) is 0.750. The van der Waals surface area contributed by atoms with Gasteiger partial charge in [-0.25, -0.2) is 4.79 Å². The predicted octanol–water partition coefficient (Wildman–Crippen LogP) is 2.42. The Hall–Kier alpha value is 0.110. The summed E-state index contributed by atoms with van der Waals surface area (Å²) in [5.74, 6) is 0. The number of halogens is 1. The van der Waals surface area contributed by atoms with Gasteiger partial charge in [0, 0.05) is 16.9 Å². The molecule has 0 radical (unpaired) electrons. The lowest BCUT2D eigenvalue weighted by Gasteiger charge is -1.98. The van der Waals surface area contributed by atoms with Gasteiger partial charge < -0.3 is 4.18 Å². The maximum absolute atomic E-state index is 9.87. The average Bonchev–Trinajstić information content (AvgIpc) is 1.61. The van der Waals surface area contributed by atoms with Crippen molar-refractivity contribution in [3.8, 4) is 0 Å². The first-order valence-corrected chi connectivity index (χ1v) is 3.34. The first kappa shape index (κ1) is 8.11. The molecule has 0 spiro atoms. The van der Waals surface area contributed by atoms with E-state index in [0.29, 0.717) is 0 Å². The van der Waals surface area contributed by atoms with Crippen LogP contribution in [0.25, 0.3) is 0 Å². The molecule has 0 aliphatic rings. The summed E-state index contributed by atoms with van der Waals surface area (Å²) in [6, 6.07) is 0. The minimum atomic E-state index is -0.760. The summed E-state index contributed by atoms with van der Waals surface area (Å²) < 4.78 is 4.35. The van der Waals surface area contributed by atoms with Crippen molar-refractivity contribution in [2.75, 3.05) is 0 Å². The molecule has 0 aromatic carbocycles. The largest absolute Gasteiger partial charge is 0.415 e. The minimum Gasteiger partial charge on any atom is -0.379 e. The fourth-order valence-electron chi connectivity index (χ4n) is 0.134. The van der Waals surface area contributed by atoms with Crippen molar-refractivity contribution in [1.82, 2.24) is 0 Å². The predicted molar refractivity (Wildman–Crippen MR) is 35.1 cm³/mol. The zero-order valence-electron chi connectivity index (χ0n) is 4.68. The summed E-state index contributed by atoms with van der Waals surface area (Å²) >= 11 is 5.90. The van der Waals surface area contributed by atoms with Gasteiger partial charge in [0.15, 0.2) is 0 Å². The molecule has 0 N–H and O–H groups in total. The zero-order chi connectivity index (χ0) is 6.57. The molecule has 0 aromatic heterocycles. The molecule has 0 fully saturated rings. The van der Waals surface area contributed by atoms with Crippen LogP contribution in [-0.4, -0.2) is 10.7 Å². The molecular formula is C4H7ClO2S. The molecule has 0 saturated carbocycles. The third-order valence-corrected chi connectivity index (χ3v) is 1.11. The lowest BCUT2D eigenvalue weighted by molar-refractivity contribution is 0.232. The third kappa shape index (κ3) is 6.11. The molecule has 2 nitrogen and oxygen atoms in total. The van der Waals surface area contributed by atoms with Crippen molar-refractivity contribution < 1.29 is 8.98 Å². The lowest BCUT2D eigenvalue weighted by Crippen LogP contribution is -1.90. The van der Waals surface area contributed by atoms with Gasteiger partial charge in [-0.05, 0) is 0 Å². The monoisotopic (exact) mass is 154 g/mol. The molecule has 0 bridgehead atoms. The summed E-state index contributed by atoms with van der Waals surface area (Å²) in [6.45, 7) is 3.81. The van der Waals surface area contributed by atoms with E-state index in [4.69, 9.17) is 11.6 Å². The van der Waals surface area contributed by atoms with Gasteiger partial charge in [0.1, 0.15) is 0 Å². The molecule has 0 aliphatic heterocycles. The Morgan fingerprint density at radius 1 is 1.75 bits per heavy atom. The number of hydrogen-bond donors (Lipinski definition) is 0. The number of carbonyl (C=O) groups is 1. The molecule has 0 atom stereocenters. The topological polar surface area (TPSA) is 26.3 Å². The van der Waals surface area contributed by atoms with Gasteiger partial charge in [-0.3, -0.25) is 0 Å². The van der Waals surface area contributed by atoms with Crippen molar-refractivity contribution >= 4 is 29.1 Å². The smallest absolute Gasteiger partial charge is 0.379 e. The van der Waals surface area contributed by atoms with Gasteiger partial charge in [-0.15, -0.1) is 0 Å². The van der Waals surface area contributed by atoms with E-state index >= 15 is 0 Å². The maximum atomic E-state index is 9.87. The van der Waals surface area contributed by atoms with E-state index in [0.717, 1.165) is 12.0 Å². The number of rotatable bonds is 2. The molecule has 48 valence electrons. The summed E-state index contributed by atoms with van der Waals surface area (Å²) in [6.07, 6.45) is 0. The number of carbonyl (C=O) groups excluding carboxylic acids is 1. The molecule has 0 unspecified atom stereocenters. The van der Waals surface area contributed by atoms with Gasteiger partial charge in [0.25, 0.3) is 0 Å². The minimum absolute atomic E-state index is 0.276. The van der Waals surface area contributed by atoms with Crippen molar-refractivity contribution in [1.29, 1.82) is 0 Å². The molecule has 0 amide bonds. The highest BCUT2D eigenvalue weighted by atomic mass is 35.5. The highest BCUT2D eigenvalue weighted by Crippen LogP contribution is 2.11. The second-order valence-corrected chi connectivity index (χ2v) is 3.08. The van der Waals surface area contributed by atoms with Crippen LogP contribution >= 0.6 is 23.6 Å². The molecular weight excluding hydrogens is 148 g/mol. The lowest BCUT2D eigenvalue weighted by atomic mass is 10.6. The molecule has 0 aromatic rings. The highest BCUT2D eigenvalue weighted by Gasteiger charge is 1.98. The van der Waals surface area contributed by atoms with Crippen molar-refractivity contribution in [3.05, 3.63) is 0 Å². The van der Waals surface area contributed by atoms with E-state index in [1.165, 1.54) is 0 Å². The quantitative estimate of drug-likeness (QED) is 0.452. The Labute approximate surface area is 57.7 Å². The SMILES string of the molecule is CC(C)SOC(=O)Cl. The first-order chi connectivity index (χ1) is 3.63. The number of hydrogen-bond acceptors (Lipinski definition) is 3. The summed E-state index contributed by atoms with van der Waals surface area (Å²) in [5, 5.41) is 0.276. The Balaban J connectivity index is 3.05. The van der Waals surface area contributed by atoms with Gasteiger partial charge in [0.2, 0.25) is 0 Å². The van der Waals surface area contributed by atoms with Crippen molar-refractivity contribution in [3.63, 3.8) is 0 Å². The van der Waals surface area contributed by atoms with Gasteiger partial charge in [-0.2, -0.15) is 0 Å². The Bertz CT molecular complexity index is 84.1. The van der Waals surface area contributed by atoms with Gasteiger partial charge in [0.05, 0.1) is 12.0 Å². The van der Waals surface area contributed by atoms with E-state index in [1.54, 1.807) is 0 Å². The molecule has 8 heavy (non-hydrogen) atoms. The summed E-state index contributed by atoms with van der Waals surface area (Å²) in [7, 11) is 0.